The van der Waals surface area contributed by atoms with Crippen molar-refractivity contribution < 1.29 is 4.74 Å². The van der Waals surface area contributed by atoms with Crippen molar-refractivity contribution in [1.29, 1.82) is 0 Å². The van der Waals surface area contributed by atoms with Gasteiger partial charge in [0.05, 0.1) is 6.10 Å². The summed E-state index contributed by atoms with van der Waals surface area (Å²) in [6.45, 7) is 2.79. The summed E-state index contributed by atoms with van der Waals surface area (Å²) in [7, 11) is 0. The van der Waals surface area contributed by atoms with E-state index in [1.807, 2.05) is 24.3 Å². The van der Waals surface area contributed by atoms with E-state index >= 15 is 0 Å². The predicted octanol–water partition coefficient (Wildman–Crippen LogP) is 2.96. The van der Waals surface area contributed by atoms with Crippen molar-refractivity contribution in [2.24, 2.45) is 5.73 Å². The fourth-order valence-corrected chi connectivity index (χ4v) is 1.62. The Morgan fingerprint density at radius 1 is 1.50 bits per heavy atom. The molecule has 0 bridgehead atoms. The van der Waals surface area contributed by atoms with E-state index in [1.165, 1.54) is 0 Å². The lowest BCUT2D eigenvalue weighted by atomic mass is 10.2. The van der Waals surface area contributed by atoms with Crippen molar-refractivity contribution in [3.8, 4) is 5.75 Å². The number of nitrogens with two attached hydrogens (primary N) is 1. The zero-order valence-corrected chi connectivity index (χ0v) is 9.96. The van der Waals surface area contributed by atoms with E-state index in [1.54, 1.807) is 0 Å². The van der Waals surface area contributed by atoms with Crippen LogP contribution >= 0.6 is 15.9 Å². The van der Waals surface area contributed by atoms with Crippen LogP contribution in [0.4, 0.5) is 0 Å². The second-order valence-electron chi connectivity index (χ2n) is 3.32. The van der Waals surface area contributed by atoms with Gasteiger partial charge in [-0.25, -0.2) is 0 Å². The van der Waals surface area contributed by atoms with Gasteiger partial charge in [0.2, 0.25) is 0 Å². The topological polar surface area (TPSA) is 35.2 Å². The third-order valence-electron chi connectivity index (χ3n) is 1.95. The first-order chi connectivity index (χ1) is 6.72. The number of ether oxygens (including phenoxy) is 1. The van der Waals surface area contributed by atoms with Crippen LogP contribution in [0.25, 0.3) is 0 Å². The number of hydrogen-bond acceptors (Lipinski definition) is 2. The standard InChI is InChI=1S/C11H16BrNO/c1-9(4-3-7-13)14-11-6-2-5-10(12)8-11/h2,5-6,8-9H,3-4,7,13H2,1H3. The molecule has 0 aliphatic carbocycles. The molecule has 0 radical (unpaired) electrons. The van der Waals surface area contributed by atoms with Crippen molar-refractivity contribution >= 4 is 15.9 Å². The molecule has 0 saturated heterocycles. The van der Waals surface area contributed by atoms with E-state index in [0.29, 0.717) is 0 Å². The van der Waals surface area contributed by atoms with E-state index in [2.05, 4.69) is 22.9 Å². The minimum atomic E-state index is 0.229. The van der Waals surface area contributed by atoms with Crippen LogP contribution in [-0.2, 0) is 0 Å². The summed E-state index contributed by atoms with van der Waals surface area (Å²) < 4.78 is 6.75. The van der Waals surface area contributed by atoms with E-state index in [-0.39, 0.29) is 6.10 Å². The first kappa shape index (κ1) is 11.5. The Morgan fingerprint density at radius 3 is 2.93 bits per heavy atom. The van der Waals surface area contributed by atoms with Gasteiger partial charge in [-0.3, -0.25) is 0 Å². The molecule has 0 aliphatic heterocycles. The van der Waals surface area contributed by atoms with Gasteiger partial charge in [-0.05, 0) is 44.5 Å². The molecule has 1 rings (SSSR count). The molecule has 0 aliphatic rings. The van der Waals surface area contributed by atoms with Crippen molar-refractivity contribution in [3.63, 3.8) is 0 Å². The Hall–Kier alpha value is -0.540. The van der Waals surface area contributed by atoms with Crippen molar-refractivity contribution in [1.82, 2.24) is 0 Å². The van der Waals surface area contributed by atoms with Gasteiger partial charge in [-0.15, -0.1) is 0 Å². The van der Waals surface area contributed by atoms with Crippen LogP contribution < -0.4 is 10.5 Å². The zero-order valence-electron chi connectivity index (χ0n) is 8.37. The van der Waals surface area contributed by atoms with E-state index in [4.69, 9.17) is 10.5 Å². The molecule has 0 aromatic heterocycles. The fourth-order valence-electron chi connectivity index (χ4n) is 1.24. The van der Waals surface area contributed by atoms with E-state index in [9.17, 15) is 0 Å². The maximum Gasteiger partial charge on any atom is 0.120 e. The highest BCUT2D eigenvalue weighted by atomic mass is 79.9. The summed E-state index contributed by atoms with van der Waals surface area (Å²) in [5.74, 6) is 0.906. The van der Waals surface area contributed by atoms with Gasteiger partial charge in [0.25, 0.3) is 0 Å². The number of hydrogen-bond donors (Lipinski definition) is 1. The molecular weight excluding hydrogens is 242 g/mol. The fraction of sp³-hybridized carbons (Fsp3) is 0.455. The van der Waals surface area contributed by atoms with Crippen LogP contribution in [0.5, 0.6) is 5.75 Å². The summed E-state index contributed by atoms with van der Waals surface area (Å²) >= 11 is 3.40. The molecule has 0 heterocycles. The van der Waals surface area contributed by atoms with Crippen LogP contribution in [0.1, 0.15) is 19.8 Å². The van der Waals surface area contributed by atoms with E-state index < -0.39 is 0 Å². The Labute approximate surface area is 93.6 Å². The van der Waals surface area contributed by atoms with Crippen LogP contribution in [-0.4, -0.2) is 12.6 Å². The first-order valence-electron chi connectivity index (χ1n) is 4.84. The summed E-state index contributed by atoms with van der Waals surface area (Å²) in [6, 6.07) is 7.88. The van der Waals surface area contributed by atoms with Gasteiger partial charge in [-0.2, -0.15) is 0 Å². The SMILES string of the molecule is CC(CCCN)Oc1cccc(Br)c1. The van der Waals surface area contributed by atoms with Crippen molar-refractivity contribution in [2.45, 2.75) is 25.9 Å². The van der Waals surface area contributed by atoms with Crippen LogP contribution in [0, 0.1) is 0 Å². The van der Waals surface area contributed by atoms with E-state index in [0.717, 1.165) is 29.6 Å². The highest BCUT2D eigenvalue weighted by molar-refractivity contribution is 9.10. The lowest BCUT2D eigenvalue weighted by molar-refractivity contribution is 0.208. The Kier molecular flexibility index (Phi) is 4.98. The smallest absolute Gasteiger partial charge is 0.120 e. The highest BCUT2D eigenvalue weighted by Crippen LogP contribution is 2.19. The Morgan fingerprint density at radius 2 is 2.29 bits per heavy atom. The molecular formula is C11H16BrNO. The van der Waals surface area contributed by atoms with Gasteiger partial charge in [-0.1, -0.05) is 22.0 Å². The normalized spacial score (nSPS) is 12.5. The monoisotopic (exact) mass is 257 g/mol. The highest BCUT2D eigenvalue weighted by Gasteiger charge is 2.03. The summed E-state index contributed by atoms with van der Waals surface area (Å²) in [5.41, 5.74) is 5.43. The van der Waals surface area contributed by atoms with Gasteiger partial charge in [0, 0.05) is 4.47 Å². The quantitative estimate of drug-likeness (QED) is 0.881. The molecule has 2 nitrogen and oxygen atoms in total. The molecule has 0 amide bonds. The second-order valence-corrected chi connectivity index (χ2v) is 4.23. The predicted molar refractivity (Wildman–Crippen MR) is 62.5 cm³/mol. The molecule has 78 valence electrons. The van der Waals surface area contributed by atoms with Gasteiger partial charge < -0.3 is 10.5 Å². The zero-order chi connectivity index (χ0) is 10.4. The first-order valence-corrected chi connectivity index (χ1v) is 5.64. The lowest BCUT2D eigenvalue weighted by Gasteiger charge is -2.14. The third kappa shape index (κ3) is 4.11. The van der Waals surface area contributed by atoms with Crippen molar-refractivity contribution in [3.05, 3.63) is 28.7 Å². The Bertz CT molecular complexity index is 278. The third-order valence-corrected chi connectivity index (χ3v) is 2.44. The minimum Gasteiger partial charge on any atom is -0.491 e. The molecule has 1 aromatic carbocycles. The molecule has 0 fully saturated rings. The van der Waals surface area contributed by atoms with Crippen LogP contribution in [0.2, 0.25) is 0 Å². The molecule has 0 spiro atoms. The van der Waals surface area contributed by atoms with Crippen LogP contribution in [0.3, 0.4) is 0 Å². The Balaban J connectivity index is 2.43. The average molecular weight is 258 g/mol. The second kappa shape index (κ2) is 6.04. The van der Waals surface area contributed by atoms with Gasteiger partial charge in [0.1, 0.15) is 5.75 Å². The molecule has 2 N–H and O–H groups in total. The average Bonchev–Trinajstić information content (AvgIpc) is 2.15. The summed E-state index contributed by atoms with van der Waals surface area (Å²) in [5, 5.41) is 0. The van der Waals surface area contributed by atoms with Crippen LogP contribution in [0.15, 0.2) is 28.7 Å². The van der Waals surface area contributed by atoms with Crippen molar-refractivity contribution in [2.75, 3.05) is 6.54 Å². The molecule has 3 heteroatoms. The molecule has 14 heavy (non-hydrogen) atoms. The van der Waals surface area contributed by atoms with Gasteiger partial charge in [0.15, 0.2) is 0 Å². The number of benzene rings is 1. The molecule has 1 aromatic rings. The molecule has 1 unspecified atom stereocenters. The molecule has 0 saturated carbocycles. The largest absolute Gasteiger partial charge is 0.491 e. The summed E-state index contributed by atoms with van der Waals surface area (Å²) in [6.07, 6.45) is 2.24. The molecule has 1 atom stereocenters. The number of halogens is 1. The lowest BCUT2D eigenvalue weighted by Crippen LogP contribution is -2.13. The maximum absolute atomic E-state index is 5.71. The number of rotatable bonds is 5. The van der Waals surface area contributed by atoms with Gasteiger partial charge >= 0.3 is 0 Å². The maximum atomic E-state index is 5.71. The summed E-state index contributed by atoms with van der Waals surface area (Å²) in [4.78, 5) is 0. The minimum absolute atomic E-state index is 0.229.